The number of hydrogen-bond acceptors (Lipinski definition) is 5. The Morgan fingerprint density at radius 2 is 1.89 bits per heavy atom. The summed E-state index contributed by atoms with van der Waals surface area (Å²) in [5, 5.41) is 0.485. The zero-order chi connectivity index (χ0) is 14.0. The summed E-state index contributed by atoms with van der Waals surface area (Å²) in [7, 11) is -3.75. The van der Waals surface area contributed by atoms with Gasteiger partial charge in [-0.1, -0.05) is 11.6 Å². The van der Waals surface area contributed by atoms with Crippen molar-refractivity contribution in [1.29, 1.82) is 0 Å². The maximum atomic E-state index is 12.0. The van der Waals surface area contributed by atoms with E-state index in [1.807, 2.05) is 0 Å². The van der Waals surface area contributed by atoms with Crippen LogP contribution in [0.1, 0.15) is 0 Å². The molecule has 0 saturated carbocycles. The highest BCUT2D eigenvalue weighted by atomic mass is 79.9. The van der Waals surface area contributed by atoms with Crippen molar-refractivity contribution in [3.63, 3.8) is 0 Å². The molecule has 0 atom stereocenters. The van der Waals surface area contributed by atoms with Crippen LogP contribution in [-0.4, -0.2) is 18.4 Å². The molecule has 0 saturated heterocycles. The molecule has 2 rings (SSSR count). The number of anilines is 2. The zero-order valence-corrected chi connectivity index (χ0v) is 12.5. The molecule has 0 bridgehead atoms. The van der Waals surface area contributed by atoms with Gasteiger partial charge in [-0.2, -0.15) is 0 Å². The summed E-state index contributed by atoms with van der Waals surface area (Å²) in [6.07, 6.45) is 2.27. The molecule has 100 valence electrons. The lowest BCUT2D eigenvalue weighted by Crippen LogP contribution is -2.14. The van der Waals surface area contributed by atoms with E-state index in [4.69, 9.17) is 17.3 Å². The van der Waals surface area contributed by atoms with Crippen molar-refractivity contribution in [2.75, 3.05) is 10.5 Å². The number of hydrogen-bond donors (Lipinski definition) is 2. The Bertz CT molecular complexity index is 706. The fourth-order valence-electron chi connectivity index (χ4n) is 1.24. The van der Waals surface area contributed by atoms with Crippen molar-refractivity contribution in [1.82, 2.24) is 9.97 Å². The fourth-order valence-corrected chi connectivity index (χ4v) is 2.67. The van der Waals surface area contributed by atoms with Gasteiger partial charge >= 0.3 is 0 Å². The van der Waals surface area contributed by atoms with Crippen LogP contribution in [0.3, 0.4) is 0 Å². The van der Waals surface area contributed by atoms with Crippen molar-refractivity contribution in [2.45, 2.75) is 4.90 Å². The Hall–Kier alpha value is -1.38. The van der Waals surface area contributed by atoms with Crippen LogP contribution >= 0.6 is 27.5 Å². The smallest absolute Gasteiger partial charge is 0.264 e. The van der Waals surface area contributed by atoms with E-state index in [9.17, 15) is 8.42 Å². The molecule has 0 fully saturated rings. The minimum Gasteiger partial charge on any atom is -0.368 e. The molecule has 0 amide bonds. The molecule has 9 heteroatoms. The SMILES string of the molecule is Nc1ncc(S(=O)(=O)Nc2ccc(Cl)c(Br)c2)cn1. The molecule has 1 aromatic carbocycles. The monoisotopic (exact) mass is 362 g/mol. The molecule has 1 aromatic heterocycles. The molecular formula is C10H8BrClN4O2S. The van der Waals surface area contributed by atoms with Gasteiger partial charge in [-0.05, 0) is 34.1 Å². The van der Waals surface area contributed by atoms with E-state index in [-0.39, 0.29) is 10.8 Å². The quantitative estimate of drug-likeness (QED) is 0.871. The third-order valence-corrected chi connectivity index (χ3v) is 4.68. The maximum absolute atomic E-state index is 12.0. The lowest BCUT2D eigenvalue weighted by atomic mass is 10.3. The molecule has 0 aliphatic rings. The molecule has 1 heterocycles. The van der Waals surface area contributed by atoms with Crippen LogP contribution in [0.4, 0.5) is 11.6 Å². The number of nitrogens with one attached hydrogen (secondary N) is 1. The lowest BCUT2D eigenvalue weighted by Gasteiger charge is -2.08. The Balaban J connectivity index is 2.30. The van der Waals surface area contributed by atoms with E-state index >= 15 is 0 Å². The third kappa shape index (κ3) is 3.34. The van der Waals surface area contributed by atoms with E-state index in [0.717, 1.165) is 12.4 Å². The second-order valence-electron chi connectivity index (χ2n) is 3.51. The van der Waals surface area contributed by atoms with Crippen LogP contribution in [0.25, 0.3) is 0 Å². The largest absolute Gasteiger partial charge is 0.368 e. The van der Waals surface area contributed by atoms with E-state index in [2.05, 4.69) is 30.6 Å². The Labute approximate surface area is 123 Å². The zero-order valence-electron chi connectivity index (χ0n) is 9.34. The molecule has 0 spiro atoms. The molecule has 0 aliphatic carbocycles. The Morgan fingerprint density at radius 1 is 1.26 bits per heavy atom. The molecule has 6 nitrogen and oxygen atoms in total. The first-order valence-electron chi connectivity index (χ1n) is 4.94. The predicted molar refractivity (Wildman–Crippen MR) is 76.4 cm³/mol. The van der Waals surface area contributed by atoms with Gasteiger partial charge in [0.05, 0.1) is 23.1 Å². The highest BCUT2D eigenvalue weighted by Crippen LogP contribution is 2.26. The predicted octanol–water partition coefficient (Wildman–Crippen LogP) is 2.28. The standard InChI is InChI=1S/C10H8BrClN4O2S/c11-8-3-6(1-2-9(8)12)16-19(17,18)7-4-14-10(13)15-5-7/h1-5,16H,(H2,13,14,15). The van der Waals surface area contributed by atoms with Gasteiger partial charge < -0.3 is 5.73 Å². The summed E-state index contributed by atoms with van der Waals surface area (Å²) in [5.74, 6) is 0.00758. The van der Waals surface area contributed by atoms with Gasteiger partial charge in [-0.25, -0.2) is 18.4 Å². The van der Waals surface area contributed by atoms with Crippen LogP contribution in [0.2, 0.25) is 5.02 Å². The Morgan fingerprint density at radius 3 is 2.47 bits per heavy atom. The second-order valence-corrected chi connectivity index (χ2v) is 6.46. The molecule has 19 heavy (non-hydrogen) atoms. The highest BCUT2D eigenvalue weighted by molar-refractivity contribution is 9.10. The minimum absolute atomic E-state index is 0.00758. The lowest BCUT2D eigenvalue weighted by molar-refractivity contribution is 0.600. The van der Waals surface area contributed by atoms with Crippen molar-refractivity contribution < 1.29 is 8.42 Å². The second kappa shape index (κ2) is 5.32. The number of rotatable bonds is 3. The first-order valence-corrected chi connectivity index (χ1v) is 7.59. The van der Waals surface area contributed by atoms with E-state index < -0.39 is 10.0 Å². The van der Waals surface area contributed by atoms with Crippen LogP contribution < -0.4 is 10.5 Å². The average Bonchev–Trinajstić information content (AvgIpc) is 2.34. The minimum atomic E-state index is -3.75. The fraction of sp³-hybridized carbons (Fsp3) is 0. The van der Waals surface area contributed by atoms with Gasteiger partial charge in [0.1, 0.15) is 4.90 Å². The van der Waals surface area contributed by atoms with Crippen LogP contribution in [0, 0.1) is 0 Å². The van der Waals surface area contributed by atoms with E-state index in [0.29, 0.717) is 15.2 Å². The van der Waals surface area contributed by atoms with Crippen molar-refractivity contribution >= 4 is 49.2 Å². The summed E-state index contributed by atoms with van der Waals surface area (Å²) < 4.78 is 27.0. The first-order chi connectivity index (χ1) is 8.88. The normalized spacial score (nSPS) is 11.3. The molecule has 0 radical (unpaired) electrons. The van der Waals surface area contributed by atoms with Gasteiger partial charge in [0.2, 0.25) is 5.95 Å². The Kier molecular flexibility index (Phi) is 3.93. The molecule has 2 aromatic rings. The van der Waals surface area contributed by atoms with Crippen LogP contribution in [0.15, 0.2) is 40.0 Å². The maximum Gasteiger partial charge on any atom is 0.264 e. The number of halogens is 2. The number of nitrogen functional groups attached to an aromatic ring is 1. The van der Waals surface area contributed by atoms with E-state index in [1.54, 1.807) is 18.2 Å². The molecule has 0 unspecified atom stereocenters. The van der Waals surface area contributed by atoms with E-state index in [1.165, 1.54) is 0 Å². The average molecular weight is 364 g/mol. The number of sulfonamides is 1. The summed E-state index contributed by atoms with van der Waals surface area (Å²) in [5.41, 5.74) is 5.67. The summed E-state index contributed by atoms with van der Waals surface area (Å²) >= 11 is 9.04. The van der Waals surface area contributed by atoms with Crippen molar-refractivity contribution in [3.05, 3.63) is 40.1 Å². The van der Waals surface area contributed by atoms with Crippen LogP contribution in [0.5, 0.6) is 0 Å². The number of nitrogens with two attached hydrogens (primary N) is 1. The number of aromatic nitrogens is 2. The summed E-state index contributed by atoms with van der Waals surface area (Å²) in [6, 6.07) is 4.67. The van der Waals surface area contributed by atoms with Gasteiger partial charge in [-0.3, -0.25) is 4.72 Å². The summed E-state index contributed by atoms with van der Waals surface area (Å²) in [6.45, 7) is 0. The number of nitrogens with zero attached hydrogens (tertiary/aromatic N) is 2. The van der Waals surface area contributed by atoms with Gasteiger partial charge in [0.25, 0.3) is 10.0 Å². The van der Waals surface area contributed by atoms with Crippen LogP contribution in [-0.2, 0) is 10.0 Å². The number of benzene rings is 1. The molecule has 3 N–H and O–H groups in total. The third-order valence-electron chi connectivity index (χ3n) is 2.13. The highest BCUT2D eigenvalue weighted by Gasteiger charge is 2.15. The van der Waals surface area contributed by atoms with Gasteiger partial charge in [0, 0.05) is 4.47 Å². The van der Waals surface area contributed by atoms with Crippen molar-refractivity contribution in [3.8, 4) is 0 Å². The summed E-state index contributed by atoms with van der Waals surface area (Å²) in [4.78, 5) is 7.20. The molecule has 0 aliphatic heterocycles. The molecular weight excluding hydrogens is 356 g/mol. The first kappa shape index (κ1) is 14.0. The van der Waals surface area contributed by atoms with Gasteiger partial charge in [-0.15, -0.1) is 0 Å². The van der Waals surface area contributed by atoms with Gasteiger partial charge in [0.15, 0.2) is 0 Å². The van der Waals surface area contributed by atoms with Crippen molar-refractivity contribution in [2.24, 2.45) is 0 Å². The topological polar surface area (TPSA) is 98.0 Å².